The molecule has 18 heavy (non-hydrogen) atoms. The van der Waals surface area contributed by atoms with Crippen LogP contribution in [0.3, 0.4) is 0 Å². The summed E-state index contributed by atoms with van der Waals surface area (Å²) in [6.45, 7) is 5.42. The van der Waals surface area contributed by atoms with E-state index in [4.69, 9.17) is 9.47 Å². The normalized spacial score (nSPS) is 22.2. The first kappa shape index (κ1) is 14.2. The van der Waals surface area contributed by atoms with Gasteiger partial charge in [0.1, 0.15) is 6.10 Å². The summed E-state index contributed by atoms with van der Waals surface area (Å²) in [6.07, 6.45) is 1.18. The third-order valence-corrected chi connectivity index (χ3v) is 2.44. The molecular weight excluding hydrogens is 238 g/mol. The molecule has 0 aromatic carbocycles. The first-order valence-electron chi connectivity index (χ1n) is 5.83. The maximum absolute atomic E-state index is 11.4. The molecule has 2 unspecified atom stereocenters. The van der Waals surface area contributed by atoms with E-state index in [2.05, 4.69) is 11.9 Å². The fourth-order valence-corrected chi connectivity index (χ4v) is 1.55. The van der Waals surface area contributed by atoms with Crippen LogP contribution < -0.4 is 5.32 Å². The zero-order valence-electron chi connectivity index (χ0n) is 10.3. The Bertz CT molecular complexity index is 352. The van der Waals surface area contributed by atoms with Crippen molar-refractivity contribution in [2.75, 3.05) is 6.54 Å². The van der Waals surface area contributed by atoms with E-state index in [0.29, 0.717) is 19.4 Å². The highest BCUT2D eigenvalue weighted by Gasteiger charge is 2.34. The van der Waals surface area contributed by atoms with Gasteiger partial charge >= 0.3 is 11.9 Å². The van der Waals surface area contributed by atoms with Gasteiger partial charge in [-0.15, -0.1) is 0 Å². The van der Waals surface area contributed by atoms with Crippen molar-refractivity contribution in [1.82, 2.24) is 5.32 Å². The van der Waals surface area contributed by atoms with Crippen LogP contribution in [0, 0.1) is 0 Å². The number of amides is 1. The minimum absolute atomic E-state index is 0.148. The molecule has 1 rings (SSSR count). The molecule has 0 spiro atoms. The molecule has 6 nitrogen and oxygen atoms in total. The van der Waals surface area contributed by atoms with Gasteiger partial charge in [-0.3, -0.25) is 9.59 Å². The maximum Gasteiger partial charge on any atom is 0.347 e. The summed E-state index contributed by atoms with van der Waals surface area (Å²) in [4.78, 5) is 33.4. The van der Waals surface area contributed by atoms with Crippen LogP contribution in [0.5, 0.6) is 0 Å². The molecule has 0 aromatic heterocycles. The van der Waals surface area contributed by atoms with E-state index in [1.54, 1.807) is 6.92 Å². The molecule has 0 saturated carbocycles. The maximum atomic E-state index is 11.4. The Balaban J connectivity index is 2.16. The number of esters is 2. The SMILES string of the molecule is C=CC(=O)NCCCC(=O)OC1CC(C)OC1=O. The molecule has 1 fully saturated rings. The van der Waals surface area contributed by atoms with E-state index in [1.807, 2.05) is 0 Å². The highest BCUT2D eigenvalue weighted by Crippen LogP contribution is 2.17. The van der Waals surface area contributed by atoms with Gasteiger partial charge in [-0.1, -0.05) is 6.58 Å². The first-order chi connectivity index (χ1) is 8.52. The summed E-state index contributed by atoms with van der Waals surface area (Å²) >= 11 is 0. The molecule has 0 aliphatic carbocycles. The van der Waals surface area contributed by atoms with E-state index < -0.39 is 18.0 Å². The number of nitrogens with one attached hydrogen (secondary N) is 1. The van der Waals surface area contributed by atoms with Crippen LogP contribution in [0.2, 0.25) is 0 Å². The molecule has 1 amide bonds. The predicted molar refractivity (Wildman–Crippen MR) is 62.5 cm³/mol. The lowest BCUT2D eigenvalue weighted by Gasteiger charge is -2.08. The van der Waals surface area contributed by atoms with Gasteiger partial charge in [0.15, 0.2) is 0 Å². The van der Waals surface area contributed by atoms with Crippen molar-refractivity contribution in [3.05, 3.63) is 12.7 Å². The topological polar surface area (TPSA) is 81.7 Å². The molecule has 1 saturated heterocycles. The Morgan fingerprint density at radius 3 is 2.89 bits per heavy atom. The zero-order chi connectivity index (χ0) is 13.5. The summed E-state index contributed by atoms with van der Waals surface area (Å²) in [5.74, 6) is -1.23. The number of ether oxygens (including phenoxy) is 2. The standard InChI is InChI=1S/C12H17NO5/c1-3-10(14)13-6-4-5-11(15)18-9-7-8(2)17-12(9)16/h3,8-9H,1,4-7H2,2H3,(H,13,14). The zero-order valence-corrected chi connectivity index (χ0v) is 10.3. The highest BCUT2D eigenvalue weighted by atomic mass is 16.6. The van der Waals surface area contributed by atoms with Crippen LogP contribution in [-0.2, 0) is 23.9 Å². The van der Waals surface area contributed by atoms with Crippen LogP contribution in [-0.4, -0.2) is 36.6 Å². The van der Waals surface area contributed by atoms with Crippen molar-refractivity contribution in [3.63, 3.8) is 0 Å². The summed E-state index contributed by atoms with van der Waals surface area (Å²) < 4.78 is 9.84. The van der Waals surface area contributed by atoms with Crippen molar-refractivity contribution in [2.24, 2.45) is 0 Å². The predicted octanol–water partition coefficient (Wildman–Crippen LogP) is 0.316. The number of rotatable bonds is 6. The average molecular weight is 255 g/mol. The van der Waals surface area contributed by atoms with Gasteiger partial charge < -0.3 is 14.8 Å². The molecule has 0 radical (unpaired) electrons. The van der Waals surface area contributed by atoms with Crippen molar-refractivity contribution in [2.45, 2.75) is 38.4 Å². The molecule has 0 aromatic rings. The third kappa shape index (κ3) is 4.57. The van der Waals surface area contributed by atoms with Gasteiger partial charge in [-0.2, -0.15) is 0 Å². The number of cyclic esters (lactones) is 1. The van der Waals surface area contributed by atoms with Crippen LogP contribution >= 0.6 is 0 Å². The highest BCUT2D eigenvalue weighted by molar-refractivity contribution is 5.86. The van der Waals surface area contributed by atoms with Gasteiger partial charge in [0.25, 0.3) is 0 Å². The lowest BCUT2D eigenvalue weighted by molar-refractivity contribution is -0.160. The quantitative estimate of drug-likeness (QED) is 0.420. The summed E-state index contributed by atoms with van der Waals surface area (Å²) in [5, 5.41) is 2.54. The second kappa shape index (κ2) is 6.78. The Morgan fingerprint density at radius 2 is 2.33 bits per heavy atom. The molecule has 1 heterocycles. The second-order valence-electron chi connectivity index (χ2n) is 4.06. The van der Waals surface area contributed by atoms with Crippen LogP contribution in [0.1, 0.15) is 26.2 Å². The fourth-order valence-electron chi connectivity index (χ4n) is 1.55. The smallest absolute Gasteiger partial charge is 0.347 e. The van der Waals surface area contributed by atoms with Gasteiger partial charge in [-0.05, 0) is 19.4 Å². The van der Waals surface area contributed by atoms with Crippen molar-refractivity contribution >= 4 is 17.8 Å². The van der Waals surface area contributed by atoms with Crippen molar-refractivity contribution in [1.29, 1.82) is 0 Å². The van der Waals surface area contributed by atoms with Gasteiger partial charge in [0.2, 0.25) is 12.0 Å². The number of hydrogen-bond acceptors (Lipinski definition) is 5. The van der Waals surface area contributed by atoms with E-state index in [9.17, 15) is 14.4 Å². The molecule has 2 atom stereocenters. The van der Waals surface area contributed by atoms with Crippen molar-refractivity contribution < 1.29 is 23.9 Å². The number of carbonyl (C=O) groups is 3. The minimum Gasteiger partial charge on any atom is -0.460 e. The molecule has 6 heteroatoms. The molecule has 1 aliphatic heterocycles. The lowest BCUT2D eigenvalue weighted by Crippen LogP contribution is -2.25. The van der Waals surface area contributed by atoms with Gasteiger partial charge in [0.05, 0.1) is 0 Å². The van der Waals surface area contributed by atoms with E-state index in [-0.39, 0.29) is 18.4 Å². The molecular formula is C12H17NO5. The Labute approximate surface area is 105 Å². The van der Waals surface area contributed by atoms with E-state index >= 15 is 0 Å². The summed E-state index contributed by atoms with van der Waals surface area (Å²) in [7, 11) is 0. The van der Waals surface area contributed by atoms with Crippen LogP contribution in [0.25, 0.3) is 0 Å². The Kier molecular flexibility index (Phi) is 5.35. The van der Waals surface area contributed by atoms with Crippen molar-refractivity contribution in [3.8, 4) is 0 Å². The summed E-state index contributed by atoms with van der Waals surface area (Å²) in [5.41, 5.74) is 0. The fraction of sp³-hybridized carbons (Fsp3) is 0.583. The number of carbonyl (C=O) groups excluding carboxylic acids is 3. The minimum atomic E-state index is -0.782. The van der Waals surface area contributed by atoms with E-state index in [0.717, 1.165) is 6.08 Å². The molecule has 100 valence electrons. The monoisotopic (exact) mass is 255 g/mol. The largest absolute Gasteiger partial charge is 0.460 e. The Morgan fingerprint density at radius 1 is 1.61 bits per heavy atom. The average Bonchev–Trinajstić information content (AvgIpc) is 2.63. The molecule has 1 N–H and O–H groups in total. The molecule has 1 aliphatic rings. The van der Waals surface area contributed by atoms with Crippen LogP contribution in [0.15, 0.2) is 12.7 Å². The Hall–Kier alpha value is -1.85. The van der Waals surface area contributed by atoms with Gasteiger partial charge in [0, 0.05) is 19.4 Å². The lowest BCUT2D eigenvalue weighted by atomic mass is 10.2. The van der Waals surface area contributed by atoms with Crippen LogP contribution in [0.4, 0.5) is 0 Å². The first-order valence-corrected chi connectivity index (χ1v) is 5.83. The molecule has 0 bridgehead atoms. The second-order valence-corrected chi connectivity index (χ2v) is 4.06. The summed E-state index contributed by atoms with van der Waals surface area (Å²) in [6, 6.07) is 0. The third-order valence-electron chi connectivity index (χ3n) is 2.44. The number of hydrogen-bond donors (Lipinski definition) is 1. The van der Waals surface area contributed by atoms with E-state index in [1.165, 1.54) is 0 Å². The van der Waals surface area contributed by atoms with Gasteiger partial charge in [-0.25, -0.2) is 4.79 Å².